The van der Waals surface area contributed by atoms with Crippen LogP contribution in [0.5, 0.6) is 11.5 Å². The molecule has 0 aliphatic carbocycles. The molecule has 1 aromatic heterocycles. The molecular formula is C21H20N4O3. The number of aromatic nitrogens is 2. The zero-order chi connectivity index (χ0) is 19.3. The predicted octanol–water partition coefficient (Wildman–Crippen LogP) is 3.66. The molecule has 1 N–H and O–H groups in total. The molecule has 0 unspecified atom stereocenters. The lowest BCUT2D eigenvalue weighted by molar-refractivity contribution is 0.102. The quantitative estimate of drug-likeness (QED) is 0.732. The molecule has 4 rings (SSSR count). The second kappa shape index (κ2) is 7.96. The Morgan fingerprint density at radius 3 is 2.46 bits per heavy atom. The molecule has 0 saturated heterocycles. The number of ether oxygens (including phenoxy) is 2. The van der Waals surface area contributed by atoms with Crippen molar-refractivity contribution in [3.8, 4) is 11.5 Å². The summed E-state index contributed by atoms with van der Waals surface area (Å²) in [7, 11) is 0. The van der Waals surface area contributed by atoms with Gasteiger partial charge in [-0.1, -0.05) is 18.2 Å². The van der Waals surface area contributed by atoms with Crippen LogP contribution >= 0.6 is 0 Å². The highest BCUT2D eigenvalue weighted by Gasteiger charge is 2.15. The van der Waals surface area contributed by atoms with Crippen molar-refractivity contribution in [1.29, 1.82) is 0 Å². The number of rotatable bonds is 5. The zero-order valence-corrected chi connectivity index (χ0v) is 15.5. The van der Waals surface area contributed by atoms with Crippen LogP contribution in [0.1, 0.15) is 17.3 Å². The van der Waals surface area contributed by atoms with Crippen LogP contribution in [0.15, 0.2) is 60.9 Å². The fourth-order valence-corrected chi connectivity index (χ4v) is 2.95. The SMILES string of the molecule is CCN(c1ccccc1)c1ncc(C(=O)Nc2ccc3c(c2)OCCO3)cn1. The summed E-state index contributed by atoms with van der Waals surface area (Å²) in [5, 5.41) is 2.83. The fraction of sp³-hybridized carbons (Fsp3) is 0.190. The average Bonchev–Trinajstić information content (AvgIpc) is 2.75. The molecule has 1 aliphatic rings. The van der Waals surface area contributed by atoms with Crippen LogP contribution in [-0.2, 0) is 0 Å². The highest BCUT2D eigenvalue weighted by atomic mass is 16.6. The third-order valence-corrected chi connectivity index (χ3v) is 4.33. The van der Waals surface area contributed by atoms with Gasteiger partial charge in [-0.05, 0) is 31.2 Å². The maximum Gasteiger partial charge on any atom is 0.258 e. The number of hydrogen-bond acceptors (Lipinski definition) is 6. The lowest BCUT2D eigenvalue weighted by atomic mass is 10.2. The molecule has 1 amide bonds. The maximum absolute atomic E-state index is 12.5. The van der Waals surface area contributed by atoms with Crippen molar-refractivity contribution >= 4 is 23.2 Å². The van der Waals surface area contributed by atoms with Crippen LogP contribution in [-0.4, -0.2) is 35.6 Å². The van der Waals surface area contributed by atoms with E-state index in [1.807, 2.05) is 42.2 Å². The number of amides is 1. The fourth-order valence-electron chi connectivity index (χ4n) is 2.95. The number of carbonyl (C=O) groups is 1. The standard InChI is InChI=1S/C21H20N4O3/c1-2-25(17-6-4-3-5-7-17)21-22-13-15(14-23-21)20(26)24-16-8-9-18-19(12-16)28-11-10-27-18/h3-9,12-14H,2,10-11H2,1H3,(H,24,26). The van der Waals surface area contributed by atoms with Crippen molar-refractivity contribution in [2.24, 2.45) is 0 Å². The molecule has 0 spiro atoms. The normalized spacial score (nSPS) is 12.3. The summed E-state index contributed by atoms with van der Waals surface area (Å²) < 4.78 is 11.0. The third kappa shape index (κ3) is 3.73. The van der Waals surface area contributed by atoms with E-state index < -0.39 is 0 Å². The highest BCUT2D eigenvalue weighted by Crippen LogP contribution is 2.32. The van der Waals surface area contributed by atoms with E-state index in [0.29, 0.717) is 48.5 Å². The van der Waals surface area contributed by atoms with Crippen LogP contribution in [0.2, 0.25) is 0 Å². The van der Waals surface area contributed by atoms with Gasteiger partial charge < -0.3 is 19.7 Å². The Morgan fingerprint density at radius 2 is 1.75 bits per heavy atom. The predicted molar refractivity (Wildman–Crippen MR) is 107 cm³/mol. The Balaban J connectivity index is 1.48. The molecule has 1 aliphatic heterocycles. The number of para-hydroxylation sites is 1. The van der Waals surface area contributed by atoms with Gasteiger partial charge in [0.1, 0.15) is 13.2 Å². The minimum Gasteiger partial charge on any atom is -0.486 e. The summed E-state index contributed by atoms with van der Waals surface area (Å²) in [6.45, 7) is 3.76. The molecule has 2 aromatic carbocycles. The number of benzene rings is 2. The van der Waals surface area contributed by atoms with E-state index in [2.05, 4.69) is 15.3 Å². The molecule has 3 aromatic rings. The van der Waals surface area contributed by atoms with Gasteiger partial charge in [0, 0.05) is 36.4 Å². The van der Waals surface area contributed by atoms with Crippen molar-refractivity contribution in [1.82, 2.24) is 9.97 Å². The van der Waals surface area contributed by atoms with Gasteiger partial charge in [-0.2, -0.15) is 0 Å². The summed E-state index contributed by atoms with van der Waals surface area (Å²) in [5.74, 6) is 1.56. The molecule has 28 heavy (non-hydrogen) atoms. The van der Waals surface area contributed by atoms with E-state index in [4.69, 9.17) is 9.47 Å². The van der Waals surface area contributed by atoms with Crippen LogP contribution in [0.3, 0.4) is 0 Å². The minimum atomic E-state index is -0.286. The summed E-state index contributed by atoms with van der Waals surface area (Å²) in [5.41, 5.74) is 2.00. The maximum atomic E-state index is 12.5. The Hall–Kier alpha value is -3.61. The Bertz CT molecular complexity index is 961. The monoisotopic (exact) mass is 376 g/mol. The van der Waals surface area contributed by atoms with Crippen molar-refractivity contribution in [3.63, 3.8) is 0 Å². The third-order valence-electron chi connectivity index (χ3n) is 4.33. The van der Waals surface area contributed by atoms with Gasteiger partial charge in [0.05, 0.1) is 5.56 Å². The van der Waals surface area contributed by atoms with Gasteiger partial charge in [0.2, 0.25) is 5.95 Å². The van der Waals surface area contributed by atoms with E-state index in [1.165, 1.54) is 12.4 Å². The van der Waals surface area contributed by atoms with Crippen LogP contribution in [0.4, 0.5) is 17.3 Å². The smallest absolute Gasteiger partial charge is 0.258 e. The van der Waals surface area contributed by atoms with E-state index in [1.54, 1.807) is 18.2 Å². The number of anilines is 3. The zero-order valence-electron chi connectivity index (χ0n) is 15.5. The molecule has 0 atom stereocenters. The van der Waals surface area contributed by atoms with Crippen LogP contribution in [0, 0.1) is 0 Å². The largest absolute Gasteiger partial charge is 0.486 e. The van der Waals surface area contributed by atoms with E-state index >= 15 is 0 Å². The topological polar surface area (TPSA) is 76.6 Å². The van der Waals surface area contributed by atoms with Crippen molar-refractivity contribution in [3.05, 3.63) is 66.5 Å². The van der Waals surface area contributed by atoms with Gasteiger partial charge in [-0.25, -0.2) is 9.97 Å². The number of nitrogens with one attached hydrogen (secondary N) is 1. The molecule has 142 valence electrons. The average molecular weight is 376 g/mol. The van der Waals surface area contributed by atoms with Gasteiger partial charge in [0.15, 0.2) is 11.5 Å². The van der Waals surface area contributed by atoms with Crippen molar-refractivity contribution < 1.29 is 14.3 Å². The molecule has 2 heterocycles. The number of carbonyl (C=O) groups excluding carboxylic acids is 1. The molecule has 7 heteroatoms. The number of hydrogen-bond donors (Lipinski definition) is 1. The first kappa shape index (κ1) is 17.8. The van der Waals surface area contributed by atoms with Crippen LogP contribution < -0.4 is 19.7 Å². The Morgan fingerprint density at radius 1 is 1.04 bits per heavy atom. The van der Waals surface area contributed by atoms with E-state index in [9.17, 15) is 4.79 Å². The summed E-state index contributed by atoms with van der Waals surface area (Å²) in [6, 6.07) is 15.2. The molecule has 0 fully saturated rings. The van der Waals surface area contributed by atoms with Crippen LogP contribution in [0.25, 0.3) is 0 Å². The Kier molecular flexibility index (Phi) is 5.05. The lowest BCUT2D eigenvalue weighted by Gasteiger charge is -2.20. The van der Waals surface area contributed by atoms with Gasteiger partial charge in [-0.15, -0.1) is 0 Å². The van der Waals surface area contributed by atoms with E-state index in [-0.39, 0.29) is 5.91 Å². The lowest BCUT2D eigenvalue weighted by Crippen LogP contribution is -2.20. The highest BCUT2D eigenvalue weighted by molar-refractivity contribution is 6.04. The van der Waals surface area contributed by atoms with Crippen molar-refractivity contribution in [2.45, 2.75) is 6.92 Å². The summed E-state index contributed by atoms with van der Waals surface area (Å²) in [4.78, 5) is 23.2. The molecular weight excluding hydrogens is 356 g/mol. The molecule has 0 saturated carbocycles. The van der Waals surface area contributed by atoms with Crippen molar-refractivity contribution in [2.75, 3.05) is 30.0 Å². The minimum absolute atomic E-state index is 0.286. The molecule has 0 radical (unpaired) electrons. The molecule has 7 nitrogen and oxygen atoms in total. The summed E-state index contributed by atoms with van der Waals surface area (Å²) >= 11 is 0. The first-order valence-corrected chi connectivity index (χ1v) is 9.10. The summed E-state index contributed by atoms with van der Waals surface area (Å²) in [6.07, 6.45) is 3.06. The number of nitrogens with zero attached hydrogens (tertiary/aromatic N) is 3. The van der Waals surface area contributed by atoms with E-state index in [0.717, 1.165) is 5.69 Å². The van der Waals surface area contributed by atoms with Gasteiger partial charge in [0.25, 0.3) is 5.91 Å². The number of fused-ring (bicyclic) bond motifs is 1. The van der Waals surface area contributed by atoms with Gasteiger partial charge in [-0.3, -0.25) is 4.79 Å². The first-order valence-electron chi connectivity index (χ1n) is 9.10. The molecule has 0 bridgehead atoms. The second-order valence-corrected chi connectivity index (χ2v) is 6.16. The second-order valence-electron chi connectivity index (χ2n) is 6.16. The Labute approximate surface area is 163 Å². The van der Waals surface area contributed by atoms with Gasteiger partial charge >= 0.3 is 0 Å². The first-order chi connectivity index (χ1) is 13.7.